The minimum absolute atomic E-state index is 0.0434. The van der Waals surface area contributed by atoms with Gasteiger partial charge in [-0.25, -0.2) is 4.79 Å². The van der Waals surface area contributed by atoms with Gasteiger partial charge in [-0.1, -0.05) is 39.0 Å². The number of anilines is 1. The molecule has 1 unspecified atom stereocenters. The van der Waals surface area contributed by atoms with Gasteiger partial charge in [0.25, 0.3) is 5.91 Å². The van der Waals surface area contributed by atoms with Gasteiger partial charge in [0.05, 0.1) is 6.26 Å². The first-order valence-electron chi connectivity index (χ1n) is 12.3. The molecule has 3 aromatic rings. The number of aromatic nitrogens is 1. The summed E-state index contributed by atoms with van der Waals surface area (Å²) in [5.41, 5.74) is 2.64. The van der Waals surface area contributed by atoms with E-state index in [9.17, 15) is 22.8 Å². The van der Waals surface area contributed by atoms with E-state index in [0.29, 0.717) is 11.3 Å². The number of pyridine rings is 1. The number of nitrogens with one attached hydrogen (secondary N) is 1. The fraction of sp³-hybridized carbons (Fsp3) is 0.379. The van der Waals surface area contributed by atoms with Crippen LogP contribution in [0.15, 0.2) is 65.4 Å². The summed E-state index contributed by atoms with van der Waals surface area (Å²) in [7, 11) is 0. The number of rotatable bonds is 5. The number of carboxylic acids is 1. The number of hydrogen-bond acceptors (Lipinski definition) is 5. The number of carbonyl (C=O) groups is 3. The van der Waals surface area contributed by atoms with E-state index in [-0.39, 0.29) is 17.1 Å². The van der Waals surface area contributed by atoms with Crippen molar-refractivity contribution in [3.63, 3.8) is 0 Å². The normalized spacial score (nSPS) is 12.6. The van der Waals surface area contributed by atoms with Gasteiger partial charge in [0, 0.05) is 28.7 Å². The van der Waals surface area contributed by atoms with Crippen LogP contribution in [-0.2, 0) is 15.0 Å². The van der Waals surface area contributed by atoms with Crippen LogP contribution in [-0.4, -0.2) is 39.6 Å². The smallest absolute Gasteiger partial charge is 0.475 e. The highest BCUT2D eigenvalue weighted by Crippen LogP contribution is 2.32. The molecule has 0 aliphatic rings. The Morgan fingerprint density at radius 2 is 1.52 bits per heavy atom. The molecule has 0 saturated heterocycles. The second-order valence-corrected chi connectivity index (χ2v) is 11.1. The van der Waals surface area contributed by atoms with Crippen molar-refractivity contribution >= 4 is 23.5 Å². The lowest BCUT2D eigenvalue weighted by Gasteiger charge is -2.33. The molecule has 1 aromatic carbocycles. The summed E-state index contributed by atoms with van der Waals surface area (Å²) >= 11 is 0. The lowest BCUT2D eigenvalue weighted by atomic mass is 9.87. The standard InChI is InChI=1S/C27H33N3O3.C2HF3O2/c1-18-10-11-19(17-28-18)23(24(31)29-27(5,6)7)30(25(32)22-9-8-16-33-22)21-14-12-20(13-15-21)26(2,3)4;3-2(4,5)1(6)7/h8-17,23H,1-7H3,(H,29,31);(H,6,7). The third-order valence-corrected chi connectivity index (χ3v) is 5.46. The molecule has 11 heteroatoms. The monoisotopic (exact) mass is 561 g/mol. The number of aryl methyl sites for hydroxylation is 1. The molecule has 216 valence electrons. The van der Waals surface area contributed by atoms with Gasteiger partial charge in [-0.3, -0.25) is 19.5 Å². The molecule has 40 heavy (non-hydrogen) atoms. The van der Waals surface area contributed by atoms with Gasteiger partial charge < -0.3 is 14.8 Å². The Morgan fingerprint density at radius 3 is 1.93 bits per heavy atom. The van der Waals surface area contributed by atoms with E-state index in [2.05, 4.69) is 31.1 Å². The first kappa shape index (κ1) is 32.1. The molecule has 2 aromatic heterocycles. The molecule has 1 atom stereocenters. The summed E-state index contributed by atoms with van der Waals surface area (Å²) in [6.45, 7) is 14.0. The molecule has 2 heterocycles. The third-order valence-electron chi connectivity index (χ3n) is 5.46. The molecule has 0 fully saturated rings. The van der Waals surface area contributed by atoms with E-state index in [1.165, 1.54) is 11.2 Å². The fourth-order valence-corrected chi connectivity index (χ4v) is 3.52. The van der Waals surface area contributed by atoms with E-state index < -0.39 is 29.6 Å². The van der Waals surface area contributed by atoms with Crippen LogP contribution in [0.25, 0.3) is 0 Å². The highest BCUT2D eigenvalue weighted by Gasteiger charge is 2.38. The van der Waals surface area contributed by atoms with Crippen molar-refractivity contribution in [3.05, 3.63) is 83.6 Å². The molecule has 8 nitrogen and oxygen atoms in total. The predicted octanol–water partition coefficient (Wildman–Crippen LogP) is 6.22. The highest BCUT2D eigenvalue weighted by atomic mass is 19.4. The Kier molecular flexibility index (Phi) is 9.90. The maximum absolute atomic E-state index is 13.7. The van der Waals surface area contributed by atoms with Gasteiger partial charge in [-0.15, -0.1) is 0 Å². The molecular formula is C29H34F3N3O5. The van der Waals surface area contributed by atoms with Gasteiger partial charge in [-0.2, -0.15) is 13.2 Å². The summed E-state index contributed by atoms with van der Waals surface area (Å²) in [6, 6.07) is 13.7. The fourth-order valence-electron chi connectivity index (χ4n) is 3.52. The quantitative estimate of drug-likeness (QED) is 0.383. The summed E-state index contributed by atoms with van der Waals surface area (Å²) in [4.78, 5) is 42.0. The van der Waals surface area contributed by atoms with Crippen LogP contribution in [0.2, 0.25) is 0 Å². The van der Waals surface area contributed by atoms with E-state index in [1.54, 1.807) is 18.3 Å². The minimum Gasteiger partial charge on any atom is -0.475 e. The maximum Gasteiger partial charge on any atom is 0.490 e. The lowest BCUT2D eigenvalue weighted by Crippen LogP contribution is -2.49. The zero-order valence-corrected chi connectivity index (χ0v) is 23.5. The molecule has 2 amide bonds. The van der Waals surface area contributed by atoms with Gasteiger partial charge in [0.15, 0.2) is 5.76 Å². The van der Waals surface area contributed by atoms with Crippen molar-refractivity contribution in [1.29, 1.82) is 0 Å². The van der Waals surface area contributed by atoms with Crippen LogP contribution >= 0.6 is 0 Å². The Hall–Kier alpha value is -4.15. The van der Waals surface area contributed by atoms with Gasteiger partial charge in [-0.05, 0) is 69.0 Å². The van der Waals surface area contributed by atoms with Crippen LogP contribution in [0.4, 0.5) is 18.9 Å². The number of nitrogens with zero attached hydrogens (tertiary/aromatic N) is 2. The van der Waals surface area contributed by atoms with E-state index in [4.69, 9.17) is 14.3 Å². The Morgan fingerprint density at radius 1 is 0.950 bits per heavy atom. The summed E-state index contributed by atoms with van der Waals surface area (Å²) in [5, 5.41) is 10.2. The number of carbonyl (C=O) groups excluding carboxylic acids is 2. The molecule has 2 N–H and O–H groups in total. The summed E-state index contributed by atoms with van der Waals surface area (Å²) in [5.74, 6) is -3.30. The molecular weight excluding hydrogens is 527 g/mol. The highest BCUT2D eigenvalue weighted by molar-refractivity contribution is 6.08. The van der Waals surface area contributed by atoms with Crippen molar-refractivity contribution < 1.29 is 37.1 Å². The van der Waals surface area contributed by atoms with Crippen LogP contribution in [0, 0.1) is 6.92 Å². The number of hydrogen-bond donors (Lipinski definition) is 2. The molecule has 0 saturated carbocycles. The topological polar surface area (TPSA) is 113 Å². The molecule has 0 radical (unpaired) electrons. The molecule has 0 aliphatic carbocycles. The number of furan rings is 1. The molecule has 0 spiro atoms. The second kappa shape index (κ2) is 12.4. The van der Waals surface area contributed by atoms with Crippen molar-refractivity contribution in [2.45, 2.75) is 71.6 Å². The van der Waals surface area contributed by atoms with Crippen LogP contribution in [0.3, 0.4) is 0 Å². The number of aliphatic carboxylic acids is 1. The summed E-state index contributed by atoms with van der Waals surface area (Å²) in [6.07, 6.45) is -1.99. The SMILES string of the molecule is Cc1ccc(C(C(=O)NC(C)(C)C)N(C(=O)c2ccco2)c2ccc(C(C)(C)C)cc2)cn1.O=C(O)C(F)(F)F. The largest absolute Gasteiger partial charge is 0.490 e. The molecule has 0 aliphatic heterocycles. The average molecular weight is 562 g/mol. The number of benzene rings is 1. The van der Waals surface area contributed by atoms with Gasteiger partial charge >= 0.3 is 12.1 Å². The number of carboxylic acid groups (broad SMARTS) is 1. The zero-order chi connectivity index (χ0) is 30.5. The average Bonchev–Trinajstić information content (AvgIpc) is 3.36. The number of alkyl halides is 3. The van der Waals surface area contributed by atoms with Crippen molar-refractivity contribution in [3.8, 4) is 0 Å². The van der Waals surface area contributed by atoms with Crippen LogP contribution < -0.4 is 10.2 Å². The van der Waals surface area contributed by atoms with Crippen LogP contribution in [0.1, 0.15) is 75.0 Å². The van der Waals surface area contributed by atoms with E-state index in [1.807, 2.05) is 64.1 Å². The van der Waals surface area contributed by atoms with E-state index in [0.717, 1.165) is 11.3 Å². The molecule has 0 bridgehead atoms. The van der Waals surface area contributed by atoms with E-state index >= 15 is 0 Å². The van der Waals surface area contributed by atoms with Gasteiger partial charge in [0.2, 0.25) is 5.91 Å². The second-order valence-electron chi connectivity index (χ2n) is 11.1. The third kappa shape index (κ3) is 8.96. The first-order chi connectivity index (χ1) is 18.3. The van der Waals surface area contributed by atoms with Gasteiger partial charge in [0.1, 0.15) is 6.04 Å². The van der Waals surface area contributed by atoms with Crippen molar-refractivity contribution in [2.75, 3.05) is 4.90 Å². The Labute approximate surface area is 231 Å². The number of amides is 2. The first-order valence-corrected chi connectivity index (χ1v) is 12.3. The summed E-state index contributed by atoms with van der Waals surface area (Å²) < 4.78 is 37.2. The lowest BCUT2D eigenvalue weighted by molar-refractivity contribution is -0.192. The number of halogens is 3. The Bertz CT molecular complexity index is 1290. The van der Waals surface area contributed by atoms with Crippen molar-refractivity contribution in [1.82, 2.24) is 10.3 Å². The molecule has 3 rings (SSSR count). The zero-order valence-electron chi connectivity index (χ0n) is 23.5. The Balaban J connectivity index is 0.000000708. The van der Waals surface area contributed by atoms with Crippen LogP contribution in [0.5, 0.6) is 0 Å². The predicted molar refractivity (Wildman–Crippen MR) is 144 cm³/mol. The maximum atomic E-state index is 13.7. The van der Waals surface area contributed by atoms with Crippen molar-refractivity contribution in [2.24, 2.45) is 0 Å². The minimum atomic E-state index is -5.08.